The molecule has 1 saturated heterocycles. The van der Waals surface area contributed by atoms with Gasteiger partial charge in [-0.15, -0.1) is 0 Å². The van der Waals surface area contributed by atoms with Gasteiger partial charge in [0.15, 0.2) is 0 Å². The summed E-state index contributed by atoms with van der Waals surface area (Å²) in [7, 11) is 0. The van der Waals surface area contributed by atoms with Crippen molar-refractivity contribution in [1.29, 1.82) is 0 Å². The largest absolute Gasteiger partial charge is 0.465 e. The number of carboxylic acid groups (broad SMARTS) is 1. The highest BCUT2D eigenvalue weighted by Gasteiger charge is 2.39. The molecule has 2 atom stereocenters. The Balaban J connectivity index is 2.03. The van der Waals surface area contributed by atoms with Crippen LogP contribution in [0, 0.1) is 5.82 Å². The van der Waals surface area contributed by atoms with Crippen molar-refractivity contribution in [2.24, 2.45) is 5.73 Å². The van der Waals surface area contributed by atoms with E-state index in [-0.39, 0.29) is 17.9 Å². The van der Waals surface area contributed by atoms with Crippen LogP contribution < -0.4 is 5.73 Å². The average molecular weight is 224 g/mol. The van der Waals surface area contributed by atoms with Crippen molar-refractivity contribution >= 4 is 6.09 Å². The lowest BCUT2D eigenvalue weighted by Crippen LogP contribution is -2.66. The predicted molar refractivity (Wildman–Crippen MR) is 56.6 cm³/mol. The van der Waals surface area contributed by atoms with Crippen molar-refractivity contribution < 1.29 is 14.3 Å². The standard InChI is InChI=1S/C11H13FN2O2/c12-8-3-1-7(2-4-8)5-10-9(13)6-14(10)11(15)16/h1-4,9-10H,5-6,13H2,(H,15,16). The minimum Gasteiger partial charge on any atom is -0.465 e. The molecule has 1 aliphatic rings. The smallest absolute Gasteiger partial charge is 0.407 e. The Labute approximate surface area is 92.5 Å². The number of carbonyl (C=O) groups is 1. The van der Waals surface area contributed by atoms with Crippen LogP contribution in [0.4, 0.5) is 9.18 Å². The van der Waals surface area contributed by atoms with Crippen LogP contribution in [0.2, 0.25) is 0 Å². The van der Waals surface area contributed by atoms with Crippen LogP contribution >= 0.6 is 0 Å². The van der Waals surface area contributed by atoms with Gasteiger partial charge in [0.1, 0.15) is 5.82 Å². The van der Waals surface area contributed by atoms with Gasteiger partial charge < -0.3 is 15.7 Å². The molecule has 1 aromatic carbocycles. The lowest BCUT2D eigenvalue weighted by molar-refractivity contribution is 0.0583. The second-order valence-electron chi connectivity index (χ2n) is 4.00. The molecule has 1 amide bonds. The molecule has 4 nitrogen and oxygen atoms in total. The predicted octanol–water partition coefficient (Wildman–Crippen LogP) is 1.06. The molecular weight excluding hydrogens is 211 g/mol. The summed E-state index contributed by atoms with van der Waals surface area (Å²) >= 11 is 0. The number of halogens is 1. The minimum absolute atomic E-state index is 0.124. The minimum atomic E-state index is -0.950. The van der Waals surface area contributed by atoms with Gasteiger partial charge in [0, 0.05) is 12.6 Å². The first-order valence-corrected chi connectivity index (χ1v) is 5.07. The summed E-state index contributed by atoms with van der Waals surface area (Å²) in [4.78, 5) is 12.1. The van der Waals surface area contributed by atoms with Crippen LogP contribution in [0.15, 0.2) is 24.3 Å². The highest BCUT2D eigenvalue weighted by atomic mass is 19.1. The molecule has 0 bridgehead atoms. The maximum atomic E-state index is 12.7. The number of likely N-dealkylation sites (tertiary alicyclic amines) is 1. The van der Waals surface area contributed by atoms with Gasteiger partial charge in [0.25, 0.3) is 0 Å². The van der Waals surface area contributed by atoms with Gasteiger partial charge >= 0.3 is 6.09 Å². The molecule has 16 heavy (non-hydrogen) atoms. The summed E-state index contributed by atoms with van der Waals surface area (Å²) in [6.45, 7) is 0.376. The van der Waals surface area contributed by atoms with Crippen LogP contribution in [0.1, 0.15) is 5.56 Å². The number of benzene rings is 1. The maximum Gasteiger partial charge on any atom is 0.407 e. The van der Waals surface area contributed by atoms with Gasteiger partial charge in [-0.1, -0.05) is 12.1 Å². The van der Waals surface area contributed by atoms with E-state index in [2.05, 4.69) is 0 Å². The molecule has 0 aromatic heterocycles. The maximum absolute atomic E-state index is 12.7. The molecule has 0 spiro atoms. The van der Waals surface area contributed by atoms with Gasteiger partial charge in [-0.05, 0) is 24.1 Å². The Bertz CT molecular complexity index is 393. The zero-order valence-corrected chi connectivity index (χ0v) is 8.64. The molecule has 0 radical (unpaired) electrons. The molecular formula is C11H13FN2O2. The zero-order chi connectivity index (χ0) is 11.7. The number of hydrogen-bond acceptors (Lipinski definition) is 2. The average Bonchev–Trinajstić information content (AvgIpc) is 2.24. The molecule has 0 saturated carbocycles. The van der Waals surface area contributed by atoms with E-state index in [0.717, 1.165) is 5.56 Å². The summed E-state index contributed by atoms with van der Waals surface area (Å²) in [5, 5.41) is 8.85. The highest BCUT2D eigenvalue weighted by Crippen LogP contribution is 2.21. The lowest BCUT2D eigenvalue weighted by atomic mass is 9.91. The van der Waals surface area contributed by atoms with E-state index in [9.17, 15) is 9.18 Å². The summed E-state index contributed by atoms with van der Waals surface area (Å²) in [5.41, 5.74) is 6.65. The van der Waals surface area contributed by atoms with Crippen LogP contribution in [0.5, 0.6) is 0 Å². The first-order chi connectivity index (χ1) is 7.58. The van der Waals surface area contributed by atoms with Gasteiger partial charge in [-0.3, -0.25) is 0 Å². The van der Waals surface area contributed by atoms with E-state index in [1.165, 1.54) is 17.0 Å². The molecule has 1 fully saturated rings. The molecule has 1 heterocycles. The van der Waals surface area contributed by atoms with E-state index >= 15 is 0 Å². The summed E-state index contributed by atoms with van der Waals surface area (Å²) in [6.07, 6.45) is -0.415. The number of nitrogens with two attached hydrogens (primary N) is 1. The van der Waals surface area contributed by atoms with Gasteiger partial charge in [0.05, 0.1) is 6.04 Å². The van der Waals surface area contributed by atoms with Crippen LogP contribution in [0.3, 0.4) is 0 Å². The SMILES string of the molecule is NC1CN(C(=O)O)C1Cc1ccc(F)cc1. The fraction of sp³-hybridized carbons (Fsp3) is 0.364. The fourth-order valence-corrected chi connectivity index (χ4v) is 1.92. The molecule has 1 aromatic rings. The molecule has 2 unspecified atom stereocenters. The van der Waals surface area contributed by atoms with E-state index in [0.29, 0.717) is 13.0 Å². The Hall–Kier alpha value is -1.62. The third-order valence-electron chi connectivity index (χ3n) is 2.91. The summed E-state index contributed by atoms with van der Waals surface area (Å²) < 4.78 is 12.7. The van der Waals surface area contributed by atoms with E-state index in [1.54, 1.807) is 12.1 Å². The van der Waals surface area contributed by atoms with Crippen molar-refractivity contribution in [3.8, 4) is 0 Å². The fourth-order valence-electron chi connectivity index (χ4n) is 1.92. The number of amides is 1. The second kappa shape index (κ2) is 4.09. The van der Waals surface area contributed by atoms with Crippen molar-refractivity contribution in [1.82, 2.24) is 4.90 Å². The van der Waals surface area contributed by atoms with Crippen molar-refractivity contribution in [2.75, 3.05) is 6.54 Å². The van der Waals surface area contributed by atoms with Gasteiger partial charge in [0.2, 0.25) is 0 Å². The highest BCUT2D eigenvalue weighted by molar-refractivity contribution is 5.67. The first kappa shape index (κ1) is 10.9. The Morgan fingerprint density at radius 1 is 1.50 bits per heavy atom. The number of nitrogens with zero attached hydrogens (tertiary/aromatic N) is 1. The van der Waals surface area contributed by atoms with E-state index < -0.39 is 6.09 Å². The Morgan fingerprint density at radius 3 is 2.62 bits per heavy atom. The van der Waals surface area contributed by atoms with Crippen molar-refractivity contribution in [3.05, 3.63) is 35.6 Å². The van der Waals surface area contributed by atoms with Gasteiger partial charge in [-0.25, -0.2) is 9.18 Å². The molecule has 2 rings (SSSR count). The van der Waals surface area contributed by atoms with Crippen LogP contribution in [-0.2, 0) is 6.42 Å². The Morgan fingerprint density at radius 2 is 2.12 bits per heavy atom. The van der Waals surface area contributed by atoms with E-state index in [1.807, 2.05) is 0 Å². The van der Waals surface area contributed by atoms with Gasteiger partial charge in [-0.2, -0.15) is 0 Å². The topological polar surface area (TPSA) is 66.6 Å². The van der Waals surface area contributed by atoms with Crippen molar-refractivity contribution in [3.63, 3.8) is 0 Å². The molecule has 0 aliphatic carbocycles. The third kappa shape index (κ3) is 1.99. The zero-order valence-electron chi connectivity index (χ0n) is 8.64. The quantitative estimate of drug-likeness (QED) is 0.789. The molecule has 3 N–H and O–H groups in total. The third-order valence-corrected chi connectivity index (χ3v) is 2.91. The monoisotopic (exact) mass is 224 g/mol. The number of hydrogen-bond donors (Lipinski definition) is 2. The molecule has 1 aliphatic heterocycles. The lowest BCUT2D eigenvalue weighted by Gasteiger charge is -2.44. The molecule has 86 valence electrons. The Kier molecular flexibility index (Phi) is 2.78. The summed E-state index contributed by atoms with van der Waals surface area (Å²) in [5.74, 6) is -0.295. The normalized spacial score (nSPS) is 24.0. The van der Waals surface area contributed by atoms with Crippen LogP contribution in [0.25, 0.3) is 0 Å². The van der Waals surface area contributed by atoms with Crippen molar-refractivity contribution in [2.45, 2.75) is 18.5 Å². The second-order valence-corrected chi connectivity index (χ2v) is 4.00. The molecule has 5 heteroatoms. The summed E-state index contributed by atoms with van der Waals surface area (Å²) in [6, 6.07) is 5.72. The number of rotatable bonds is 2. The first-order valence-electron chi connectivity index (χ1n) is 5.07. The van der Waals surface area contributed by atoms with Crippen LogP contribution in [-0.4, -0.2) is 34.7 Å². The van der Waals surface area contributed by atoms with E-state index in [4.69, 9.17) is 10.8 Å².